The lowest BCUT2D eigenvalue weighted by Crippen LogP contribution is -2.54. The van der Waals surface area contributed by atoms with Crippen LogP contribution in [-0.4, -0.2) is 61.0 Å². The fourth-order valence-corrected chi connectivity index (χ4v) is 4.61. The summed E-state index contributed by atoms with van der Waals surface area (Å²) >= 11 is 0. The Bertz CT molecular complexity index is 910. The predicted octanol–water partition coefficient (Wildman–Crippen LogP) is 2.58. The molecule has 0 aromatic heterocycles. The first kappa shape index (κ1) is 23.8. The van der Waals surface area contributed by atoms with Crippen molar-refractivity contribution >= 4 is 23.8 Å². The fourth-order valence-electron chi connectivity index (χ4n) is 4.61. The van der Waals surface area contributed by atoms with Crippen LogP contribution in [0.25, 0.3) is 0 Å². The van der Waals surface area contributed by atoms with Gasteiger partial charge in [0.15, 0.2) is 6.61 Å². The molecule has 1 aliphatic carbocycles. The molecule has 0 spiro atoms. The first-order valence-electron chi connectivity index (χ1n) is 11.2. The van der Waals surface area contributed by atoms with Crippen LogP contribution in [0.2, 0.25) is 0 Å². The molecule has 174 valence electrons. The topological polar surface area (TPSA) is 102 Å². The average Bonchev–Trinajstić information content (AvgIpc) is 3.45. The van der Waals surface area contributed by atoms with Gasteiger partial charge in [-0.3, -0.25) is 9.59 Å². The van der Waals surface area contributed by atoms with Crippen LogP contribution in [0.5, 0.6) is 0 Å². The van der Waals surface area contributed by atoms with E-state index in [1.807, 2.05) is 19.1 Å². The highest BCUT2D eigenvalue weighted by molar-refractivity contribution is 6.00. The molecule has 0 bridgehead atoms. The highest BCUT2D eigenvalue weighted by Gasteiger charge is 2.39. The SMILES string of the molecule is COC(=O)N[C@H](C(=O)N1CCC[C@H]1C(=O)OCC(=O)c1ccc(C)c2c1CCC2)C(C)C. The monoisotopic (exact) mass is 444 g/mol. The Morgan fingerprint density at radius 1 is 1.12 bits per heavy atom. The minimum absolute atomic E-state index is 0.191. The molecule has 1 aliphatic heterocycles. The molecule has 32 heavy (non-hydrogen) atoms. The van der Waals surface area contributed by atoms with Gasteiger partial charge in [-0.1, -0.05) is 26.0 Å². The second kappa shape index (κ2) is 10.1. The molecule has 2 atom stereocenters. The summed E-state index contributed by atoms with van der Waals surface area (Å²) in [4.78, 5) is 51.7. The van der Waals surface area contributed by atoms with Crippen molar-refractivity contribution in [1.29, 1.82) is 0 Å². The maximum atomic E-state index is 13.1. The lowest BCUT2D eigenvalue weighted by Gasteiger charge is -2.29. The molecule has 8 nitrogen and oxygen atoms in total. The van der Waals surface area contributed by atoms with E-state index in [0.717, 1.165) is 24.8 Å². The van der Waals surface area contributed by atoms with Gasteiger partial charge in [0.05, 0.1) is 7.11 Å². The van der Waals surface area contributed by atoms with E-state index in [1.165, 1.54) is 23.1 Å². The molecular formula is C24H32N2O6. The lowest BCUT2D eigenvalue weighted by atomic mass is 9.96. The molecule has 1 heterocycles. The number of nitrogens with zero attached hydrogens (tertiary/aromatic N) is 1. The van der Waals surface area contributed by atoms with E-state index < -0.39 is 24.1 Å². The second-order valence-corrected chi connectivity index (χ2v) is 8.82. The van der Waals surface area contributed by atoms with E-state index >= 15 is 0 Å². The number of benzene rings is 1. The molecule has 2 aliphatic rings. The molecule has 1 N–H and O–H groups in total. The molecule has 0 radical (unpaired) electrons. The Morgan fingerprint density at radius 3 is 2.53 bits per heavy atom. The third kappa shape index (κ3) is 4.95. The summed E-state index contributed by atoms with van der Waals surface area (Å²) < 4.78 is 9.97. The summed E-state index contributed by atoms with van der Waals surface area (Å²) in [5, 5.41) is 2.54. The molecule has 2 amide bonds. The predicted molar refractivity (Wildman–Crippen MR) is 117 cm³/mol. The lowest BCUT2D eigenvalue weighted by molar-refractivity contribution is -0.153. The van der Waals surface area contributed by atoms with Crippen LogP contribution >= 0.6 is 0 Å². The number of aryl methyl sites for hydroxylation is 1. The number of amides is 2. The smallest absolute Gasteiger partial charge is 0.407 e. The van der Waals surface area contributed by atoms with Crippen LogP contribution < -0.4 is 5.32 Å². The van der Waals surface area contributed by atoms with E-state index in [0.29, 0.717) is 24.9 Å². The molecule has 1 fully saturated rings. The minimum Gasteiger partial charge on any atom is -0.456 e. The van der Waals surface area contributed by atoms with Crippen molar-refractivity contribution in [2.45, 2.75) is 65.0 Å². The zero-order valence-electron chi connectivity index (χ0n) is 19.2. The number of rotatable bonds is 7. The third-order valence-electron chi connectivity index (χ3n) is 6.36. The van der Waals surface area contributed by atoms with Gasteiger partial charge in [0.25, 0.3) is 0 Å². The van der Waals surface area contributed by atoms with E-state index in [9.17, 15) is 19.2 Å². The van der Waals surface area contributed by atoms with Crippen LogP contribution in [0.15, 0.2) is 12.1 Å². The van der Waals surface area contributed by atoms with Gasteiger partial charge in [-0.15, -0.1) is 0 Å². The average molecular weight is 445 g/mol. The Balaban J connectivity index is 1.64. The van der Waals surface area contributed by atoms with Gasteiger partial charge < -0.3 is 19.7 Å². The summed E-state index contributed by atoms with van der Waals surface area (Å²) in [6.07, 6.45) is 3.26. The first-order valence-corrected chi connectivity index (χ1v) is 11.2. The van der Waals surface area contributed by atoms with Crippen molar-refractivity contribution in [2.24, 2.45) is 5.92 Å². The standard InChI is InChI=1S/C24H32N2O6/c1-14(2)21(25-24(30)31-4)22(28)26-12-6-9-19(26)23(29)32-13-20(27)18-11-10-15(3)16-7-5-8-17(16)18/h10-11,14,19,21H,5-9,12-13H2,1-4H3,(H,25,30)/t19-,21-/m0/s1. The van der Waals surface area contributed by atoms with Gasteiger partial charge in [0, 0.05) is 12.1 Å². The maximum Gasteiger partial charge on any atom is 0.407 e. The van der Waals surface area contributed by atoms with Crippen LogP contribution in [-0.2, 0) is 31.9 Å². The van der Waals surface area contributed by atoms with Gasteiger partial charge in [0.2, 0.25) is 11.7 Å². The summed E-state index contributed by atoms with van der Waals surface area (Å²) in [7, 11) is 1.23. The number of nitrogens with one attached hydrogen (secondary N) is 1. The number of ketones is 1. The van der Waals surface area contributed by atoms with Crippen LogP contribution in [0.4, 0.5) is 4.79 Å². The molecule has 1 saturated heterocycles. The van der Waals surface area contributed by atoms with Crippen LogP contribution in [0.1, 0.15) is 60.2 Å². The number of likely N-dealkylation sites (tertiary alicyclic amines) is 1. The van der Waals surface area contributed by atoms with Crippen LogP contribution in [0, 0.1) is 12.8 Å². The summed E-state index contributed by atoms with van der Waals surface area (Å²) in [6.45, 7) is 5.70. The minimum atomic E-state index is -0.812. The number of alkyl carbamates (subject to hydrolysis) is 1. The fraction of sp³-hybridized carbons (Fsp3) is 0.583. The molecule has 0 unspecified atom stereocenters. The van der Waals surface area contributed by atoms with Gasteiger partial charge in [0.1, 0.15) is 12.1 Å². The molecule has 1 aromatic carbocycles. The Hall–Kier alpha value is -2.90. The van der Waals surface area contributed by atoms with Crippen molar-refractivity contribution in [3.05, 3.63) is 34.4 Å². The van der Waals surface area contributed by atoms with Crippen LogP contribution in [0.3, 0.4) is 0 Å². The van der Waals surface area contributed by atoms with Gasteiger partial charge in [-0.05, 0) is 61.6 Å². The van der Waals surface area contributed by atoms with E-state index in [2.05, 4.69) is 10.1 Å². The van der Waals surface area contributed by atoms with Crippen molar-refractivity contribution in [2.75, 3.05) is 20.3 Å². The van der Waals surface area contributed by atoms with Gasteiger partial charge in [-0.2, -0.15) is 0 Å². The number of fused-ring (bicyclic) bond motifs is 1. The number of hydrogen-bond acceptors (Lipinski definition) is 6. The largest absolute Gasteiger partial charge is 0.456 e. The Kier molecular flexibility index (Phi) is 7.53. The molecule has 0 saturated carbocycles. The summed E-state index contributed by atoms with van der Waals surface area (Å²) in [6, 6.07) is 2.18. The van der Waals surface area contributed by atoms with Crippen molar-refractivity contribution in [1.82, 2.24) is 10.2 Å². The highest BCUT2D eigenvalue weighted by atomic mass is 16.5. The number of ether oxygens (including phenoxy) is 2. The zero-order valence-corrected chi connectivity index (χ0v) is 19.2. The number of esters is 1. The van der Waals surface area contributed by atoms with Crippen molar-refractivity contribution in [3.8, 4) is 0 Å². The number of Topliss-reactive ketones (excluding diaryl/α,β-unsaturated/α-hetero) is 1. The number of carbonyl (C=O) groups is 4. The van der Waals surface area contributed by atoms with Gasteiger partial charge in [-0.25, -0.2) is 9.59 Å². The second-order valence-electron chi connectivity index (χ2n) is 8.82. The number of carbonyl (C=O) groups excluding carboxylic acids is 4. The van der Waals surface area contributed by atoms with Crippen molar-refractivity contribution in [3.63, 3.8) is 0 Å². The normalized spacial score (nSPS) is 18.3. The third-order valence-corrected chi connectivity index (χ3v) is 6.36. The molecule has 3 rings (SSSR count). The Morgan fingerprint density at radius 2 is 1.84 bits per heavy atom. The van der Waals surface area contributed by atoms with Gasteiger partial charge >= 0.3 is 12.1 Å². The molecule has 1 aromatic rings. The quantitative estimate of drug-likeness (QED) is 0.512. The Labute approximate surface area is 188 Å². The number of hydrogen-bond donors (Lipinski definition) is 1. The molecular weight excluding hydrogens is 412 g/mol. The maximum absolute atomic E-state index is 13.1. The molecule has 8 heteroatoms. The van der Waals surface area contributed by atoms with E-state index in [4.69, 9.17) is 4.74 Å². The summed E-state index contributed by atoms with van der Waals surface area (Å²) in [5.41, 5.74) is 4.11. The van der Waals surface area contributed by atoms with Crippen molar-refractivity contribution < 1.29 is 28.7 Å². The number of methoxy groups -OCH3 is 1. The van der Waals surface area contributed by atoms with E-state index in [-0.39, 0.29) is 24.2 Å². The highest BCUT2D eigenvalue weighted by Crippen LogP contribution is 2.29. The van der Waals surface area contributed by atoms with E-state index in [1.54, 1.807) is 13.8 Å². The summed E-state index contributed by atoms with van der Waals surface area (Å²) in [5.74, 6) is -1.36. The zero-order chi connectivity index (χ0) is 23.4. The first-order chi connectivity index (χ1) is 15.2.